The molecular weight excluding hydrogens is 419 g/mol. The van der Waals surface area contributed by atoms with Gasteiger partial charge in [0.05, 0.1) is 16.9 Å². The van der Waals surface area contributed by atoms with E-state index in [1.807, 2.05) is 42.5 Å². The summed E-state index contributed by atoms with van der Waals surface area (Å²) in [5.74, 6) is 0.182. The van der Waals surface area contributed by atoms with E-state index >= 15 is 0 Å². The molecule has 3 aromatic carbocycles. The van der Waals surface area contributed by atoms with Crippen molar-refractivity contribution < 1.29 is 9.13 Å². The van der Waals surface area contributed by atoms with Crippen LogP contribution in [-0.2, 0) is 6.61 Å². The van der Waals surface area contributed by atoms with Crippen molar-refractivity contribution >= 4 is 39.4 Å². The highest BCUT2D eigenvalue weighted by Gasteiger charge is 2.09. The molecule has 0 aliphatic carbocycles. The fourth-order valence-corrected chi connectivity index (χ4v) is 2.86. The van der Waals surface area contributed by atoms with Crippen LogP contribution in [0.3, 0.4) is 0 Å². The number of hydrazone groups is 1. The standard InChI is InChI=1S/C20H15BrClFN2O/c21-15-9-10-20(26-13-17-18(22)7-4-8-19(17)23)14(11-15)12-24-25-16-5-2-1-3-6-16/h1-12,25H,13H2. The predicted molar refractivity (Wildman–Crippen MR) is 108 cm³/mol. The Hall–Kier alpha value is -2.37. The Balaban J connectivity index is 1.75. The summed E-state index contributed by atoms with van der Waals surface area (Å²) < 4.78 is 20.6. The average Bonchev–Trinajstić information content (AvgIpc) is 2.64. The quantitative estimate of drug-likeness (QED) is 0.367. The largest absolute Gasteiger partial charge is 0.488 e. The molecule has 0 unspecified atom stereocenters. The molecule has 0 spiro atoms. The van der Waals surface area contributed by atoms with Gasteiger partial charge in [0.15, 0.2) is 0 Å². The van der Waals surface area contributed by atoms with Gasteiger partial charge in [-0.15, -0.1) is 0 Å². The summed E-state index contributed by atoms with van der Waals surface area (Å²) in [6, 6.07) is 19.7. The van der Waals surface area contributed by atoms with Crippen LogP contribution in [0, 0.1) is 5.82 Å². The van der Waals surface area contributed by atoms with Crippen LogP contribution in [0.15, 0.2) is 76.3 Å². The zero-order chi connectivity index (χ0) is 18.4. The molecule has 132 valence electrons. The Morgan fingerprint density at radius 3 is 2.65 bits per heavy atom. The van der Waals surface area contributed by atoms with Gasteiger partial charge in [-0.2, -0.15) is 5.10 Å². The maximum Gasteiger partial charge on any atom is 0.131 e. The number of benzene rings is 3. The lowest BCUT2D eigenvalue weighted by molar-refractivity contribution is 0.299. The van der Waals surface area contributed by atoms with Gasteiger partial charge in [-0.25, -0.2) is 4.39 Å². The van der Waals surface area contributed by atoms with Gasteiger partial charge in [0.25, 0.3) is 0 Å². The molecule has 6 heteroatoms. The van der Waals surface area contributed by atoms with Crippen LogP contribution in [-0.4, -0.2) is 6.21 Å². The SMILES string of the molecule is Fc1cccc(Cl)c1COc1ccc(Br)cc1C=NNc1ccccc1. The van der Waals surface area contributed by atoms with Crippen molar-refractivity contribution in [3.05, 3.63) is 93.2 Å². The van der Waals surface area contributed by atoms with E-state index in [0.717, 1.165) is 15.7 Å². The Labute approximate surface area is 164 Å². The second kappa shape index (κ2) is 8.83. The van der Waals surface area contributed by atoms with Crippen molar-refractivity contribution in [1.29, 1.82) is 0 Å². The highest BCUT2D eigenvalue weighted by Crippen LogP contribution is 2.25. The van der Waals surface area contributed by atoms with Gasteiger partial charge < -0.3 is 4.74 Å². The number of anilines is 1. The average molecular weight is 434 g/mol. The molecule has 3 aromatic rings. The van der Waals surface area contributed by atoms with Gasteiger partial charge in [-0.1, -0.05) is 51.8 Å². The van der Waals surface area contributed by atoms with Crippen LogP contribution in [0.2, 0.25) is 5.02 Å². The number of hydrogen-bond acceptors (Lipinski definition) is 3. The third kappa shape index (κ3) is 4.84. The van der Waals surface area contributed by atoms with E-state index in [0.29, 0.717) is 16.3 Å². The Morgan fingerprint density at radius 1 is 1.08 bits per heavy atom. The second-order valence-electron chi connectivity index (χ2n) is 5.41. The van der Waals surface area contributed by atoms with Gasteiger partial charge in [-0.05, 0) is 42.5 Å². The summed E-state index contributed by atoms with van der Waals surface area (Å²) in [6.07, 6.45) is 1.65. The first-order valence-corrected chi connectivity index (χ1v) is 9.00. The number of halogens is 3. The van der Waals surface area contributed by atoms with Gasteiger partial charge in [0, 0.05) is 15.6 Å². The number of nitrogens with zero attached hydrogens (tertiary/aromatic N) is 1. The van der Waals surface area contributed by atoms with Gasteiger partial charge in [-0.3, -0.25) is 5.43 Å². The minimum Gasteiger partial charge on any atom is -0.488 e. The summed E-state index contributed by atoms with van der Waals surface area (Å²) >= 11 is 9.48. The van der Waals surface area contributed by atoms with Crippen molar-refractivity contribution in [2.24, 2.45) is 5.10 Å². The molecule has 0 fully saturated rings. The molecule has 3 rings (SSSR count). The van der Waals surface area contributed by atoms with Crippen LogP contribution in [0.5, 0.6) is 5.75 Å². The topological polar surface area (TPSA) is 33.6 Å². The summed E-state index contributed by atoms with van der Waals surface area (Å²) in [5.41, 5.74) is 4.89. The molecule has 1 N–H and O–H groups in total. The lowest BCUT2D eigenvalue weighted by Gasteiger charge is -2.11. The van der Waals surface area contributed by atoms with Crippen LogP contribution in [0.4, 0.5) is 10.1 Å². The lowest BCUT2D eigenvalue weighted by Crippen LogP contribution is -2.02. The van der Waals surface area contributed by atoms with Crippen LogP contribution in [0.25, 0.3) is 0 Å². The Bertz CT molecular complexity index is 899. The molecule has 26 heavy (non-hydrogen) atoms. The zero-order valence-corrected chi connectivity index (χ0v) is 16.0. The number of hydrogen-bond donors (Lipinski definition) is 1. The molecule has 0 heterocycles. The second-order valence-corrected chi connectivity index (χ2v) is 6.73. The summed E-state index contributed by atoms with van der Waals surface area (Å²) in [5, 5.41) is 4.56. The molecular formula is C20H15BrClFN2O. The maximum absolute atomic E-state index is 13.9. The first kappa shape index (κ1) is 18.4. The lowest BCUT2D eigenvalue weighted by atomic mass is 10.2. The fourth-order valence-electron chi connectivity index (χ4n) is 2.26. The molecule has 0 amide bonds. The molecule has 0 atom stereocenters. The zero-order valence-electron chi connectivity index (χ0n) is 13.6. The third-order valence-corrected chi connectivity index (χ3v) is 4.42. The number of ether oxygens (including phenoxy) is 1. The normalized spacial score (nSPS) is 10.9. The van der Waals surface area contributed by atoms with Crippen LogP contribution >= 0.6 is 27.5 Å². The monoisotopic (exact) mass is 432 g/mol. The number of nitrogens with one attached hydrogen (secondary N) is 1. The van der Waals surface area contributed by atoms with E-state index < -0.39 is 5.82 Å². The van der Waals surface area contributed by atoms with Crippen molar-refractivity contribution in [1.82, 2.24) is 0 Å². The predicted octanol–water partition coefficient (Wildman–Crippen LogP) is 6.27. The van der Waals surface area contributed by atoms with Crippen molar-refractivity contribution in [3.8, 4) is 5.75 Å². The molecule has 0 saturated carbocycles. The van der Waals surface area contributed by atoms with E-state index in [2.05, 4.69) is 26.5 Å². The smallest absolute Gasteiger partial charge is 0.131 e. The number of rotatable bonds is 6. The summed E-state index contributed by atoms with van der Waals surface area (Å²) in [7, 11) is 0. The Kier molecular flexibility index (Phi) is 6.26. The molecule has 0 radical (unpaired) electrons. The molecule has 0 saturated heterocycles. The van der Waals surface area contributed by atoms with Crippen molar-refractivity contribution in [3.63, 3.8) is 0 Å². The molecule has 0 aromatic heterocycles. The number of para-hydroxylation sites is 1. The van der Waals surface area contributed by atoms with E-state index in [4.69, 9.17) is 16.3 Å². The van der Waals surface area contributed by atoms with E-state index in [1.165, 1.54) is 6.07 Å². The molecule has 0 bridgehead atoms. The fraction of sp³-hybridized carbons (Fsp3) is 0.0500. The van der Waals surface area contributed by atoms with Crippen LogP contribution in [0.1, 0.15) is 11.1 Å². The summed E-state index contributed by atoms with van der Waals surface area (Å²) in [6.45, 7) is 0.0279. The first-order valence-electron chi connectivity index (χ1n) is 7.83. The molecule has 0 aliphatic rings. The van der Waals surface area contributed by atoms with Gasteiger partial charge >= 0.3 is 0 Å². The minimum atomic E-state index is -0.393. The highest BCUT2D eigenvalue weighted by atomic mass is 79.9. The third-order valence-electron chi connectivity index (χ3n) is 3.58. The van der Waals surface area contributed by atoms with E-state index in [-0.39, 0.29) is 6.61 Å². The first-order chi connectivity index (χ1) is 12.6. The van der Waals surface area contributed by atoms with Crippen LogP contribution < -0.4 is 10.2 Å². The van der Waals surface area contributed by atoms with E-state index in [9.17, 15) is 4.39 Å². The van der Waals surface area contributed by atoms with Gasteiger partial charge in [0.1, 0.15) is 18.2 Å². The van der Waals surface area contributed by atoms with Gasteiger partial charge in [0.2, 0.25) is 0 Å². The molecule has 0 aliphatic heterocycles. The maximum atomic E-state index is 13.9. The highest BCUT2D eigenvalue weighted by molar-refractivity contribution is 9.10. The van der Waals surface area contributed by atoms with Crippen molar-refractivity contribution in [2.75, 3.05) is 5.43 Å². The Morgan fingerprint density at radius 2 is 1.88 bits per heavy atom. The van der Waals surface area contributed by atoms with Crippen molar-refractivity contribution in [2.45, 2.75) is 6.61 Å². The molecule has 3 nitrogen and oxygen atoms in total. The minimum absolute atomic E-state index is 0.0279. The van der Waals surface area contributed by atoms with E-state index in [1.54, 1.807) is 24.4 Å². The summed E-state index contributed by atoms with van der Waals surface area (Å²) in [4.78, 5) is 0.